The van der Waals surface area contributed by atoms with Gasteiger partial charge in [0.2, 0.25) is 0 Å². The largest absolute Gasteiger partial charge is 0.494 e. The van der Waals surface area contributed by atoms with Gasteiger partial charge in [0.25, 0.3) is 0 Å². The lowest BCUT2D eigenvalue weighted by molar-refractivity contribution is 0.331. The molecule has 1 atom stereocenters. The highest BCUT2D eigenvalue weighted by Crippen LogP contribution is 2.25. The van der Waals surface area contributed by atoms with E-state index in [2.05, 4.69) is 0 Å². The first-order chi connectivity index (χ1) is 6.79. The van der Waals surface area contributed by atoms with Crippen LogP contribution in [0.2, 0.25) is 0 Å². The molecule has 4 heteroatoms. The number of rotatable bonds is 5. The van der Waals surface area contributed by atoms with Gasteiger partial charge in [0.05, 0.1) is 13.3 Å². The molecule has 0 spiro atoms. The van der Waals surface area contributed by atoms with Gasteiger partial charge in [-0.05, 0) is 19.4 Å². The molecule has 0 aliphatic heterocycles. The quantitative estimate of drug-likeness (QED) is 0.849. The number of ether oxygens (including phenoxy) is 1. The monoisotopic (exact) mass is 233 g/mol. The summed E-state index contributed by atoms with van der Waals surface area (Å²) >= 11 is 0. The Labute approximate surface area is 96.0 Å². The molecule has 0 bridgehead atoms. The minimum Gasteiger partial charge on any atom is -0.494 e. The topological polar surface area (TPSA) is 35.2 Å². The van der Waals surface area contributed by atoms with E-state index in [1.54, 1.807) is 0 Å². The zero-order valence-electron chi connectivity index (χ0n) is 8.78. The first kappa shape index (κ1) is 14.2. The molecule has 0 saturated carbocycles. The summed E-state index contributed by atoms with van der Waals surface area (Å²) in [6, 6.07) is 7.23. The van der Waals surface area contributed by atoms with Crippen LogP contribution in [0.5, 0.6) is 5.75 Å². The number of para-hydroxylation sites is 1. The van der Waals surface area contributed by atoms with Crippen LogP contribution in [0.25, 0.3) is 0 Å². The van der Waals surface area contributed by atoms with Crippen molar-refractivity contribution in [3.8, 4) is 5.75 Å². The average molecular weight is 234 g/mol. The van der Waals surface area contributed by atoms with E-state index >= 15 is 0 Å². The van der Waals surface area contributed by atoms with Crippen molar-refractivity contribution in [2.24, 2.45) is 5.73 Å². The van der Waals surface area contributed by atoms with Crippen molar-refractivity contribution in [2.75, 3.05) is 13.3 Å². The SMILES string of the molecule is CCOc1ccccc1[C@H](N)CCF.Cl. The Bertz CT molecular complexity index is 283. The van der Waals surface area contributed by atoms with Crippen LogP contribution in [0.1, 0.15) is 24.9 Å². The van der Waals surface area contributed by atoms with Gasteiger partial charge in [0, 0.05) is 11.6 Å². The fraction of sp³-hybridized carbons (Fsp3) is 0.455. The maximum absolute atomic E-state index is 12.1. The van der Waals surface area contributed by atoms with Crippen LogP contribution in [0.3, 0.4) is 0 Å². The normalized spacial score (nSPS) is 11.7. The molecular formula is C11H17ClFNO. The second-order valence-corrected chi connectivity index (χ2v) is 3.05. The van der Waals surface area contributed by atoms with Crippen LogP contribution >= 0.6 is 12.4 Å². The maximum atomic E-state index is 12.1. The van der Waals surface area contributed by atoms with Gasteiger partial charge in [-0.15, -0.1) is 12.4 Å². The van der Waals surface area contributed by atoms with E-state index in [4.69, 9.17) is 10.5 Å². The maximum Gasteiger partial charge on any atom is 0.124 e. The summed E-state index contributed by atoms with van der Waals surface area (Å²) in [5.41, 5.74) is 6.70. The zero-order chi connectivity index (χ0) is 10.4. The van der Waals surface area contributed by atoms with Crippen molar-refractivity contribution < 1.29 is 9.13 Å². The van der Waals surface area contributed by atoms with Crippen molar-refractivity contribution in [3.05, 3.63) is 29.8 Å². The van der Waals surface area contributed by atoms with Crippen LogP contribution in [-0.4, -0.2) is 13.3 Å². The molecule has 0 saturated heterocycles. The van der Waals surface area contributed by atoms with Gasteiger partial charge < -0.3 is 10.5 Å². The molecule has 1 rings (SSSR count). The molecule has 0 unspecified atom stereocenters. The third kappa shape index (κ3) is 4.06. The molecule has 0 aliphatic rings. The van der Waals surface area contributed by atoms with Crippen LogP contribution < -0.4 is 10.5 Å². The Morgan fingerprint density at radius 2 is 2.07 bits per heavy atom. The molecule has 0 aliphatic carbocycles. The Hall–Kier alpha value is -0.800. The van der Waals surface area contributed by atoms with Crippen LogP contribution in [0.4, 0.5) is 4.39 Å². The lowest BCUT2D eigenvalue weighted by Crippen LogP contribution is -2.12. The predicted molar refractivity (Wildman–Crippen MR) is 62.4 cm³/mol. The molecule has 0 amide bonds. The van der Waals surface area contributed by atoms with E-state index in [1.807, 2.05) is 31.2 Å². The van der Waals surface area contributed by atoms with Crippen molar-refractivity contribution in [1.29, 1.82) is 0 Å². The van der Waals surface area contributed by atoms with E-state index in [0.717, 1.165) is 11.3 Å². The molecule has 15 heavy (non-hydrogen) atoms. The second kappa shape index (κ2) is 7.49. The molecule has 0 fully saturated rings. The minimum atomic E-state index is -0.401. The van der Waals surface area contributed by atoms with E-state index < -0.39 is 6.67 Å². The third-order valence-corrected chi connectivity index (χ3v) is 2.04. The highest BCUT2D eigenvalue weighted by molar-refractivity contribution is 5.85. The fourth-order valence-corrected chi connectivity index (χ4v) is 1.35. The number of hydrogen-bond donors (Lipinski definition) is 1. The molecule has 86 valence electrons. The number of hydrogen-bond acceptors (Lipinski definition) is 2. The van der Waals surface area contributed by atoms with Crippen LogP contribution in [0.15, 0.2) is 24.3 Å². The van der Waals surface area contributed by atoms with Gasteiger partial charge in [-0.25, -0.2) is 0 Å². The highest BCUT2D eigenvalue weighted by Gasteiger charge is 2.10. The molecule has 1 aromatic rings. The summed E-state index contributed by atoms with van der Waals surface area (Å²) in [5, 5.41) is 0. The summed E-state index contributed by atoms with van der Waals surface area (Å²) in [6.45, 7) is 2.11. The van der Waals surface area contributed by atoms with Gasteiger partial charge in [0.15, 0.2) is 0 Å². The molecule has 0 aromatic heterocycles. The van der Waals surface area contributed by atoms with E-state index in [9.17, 15) is 4.39 Å². The van der Waals surface area contributed by atoms with Gasteiger partial charge in [-0.2, -0.15) is 0 Å². The van der Waals surface area contributed by atoms with E-state index in [0.29, 0.717) is 13.0 Å². The van der Waals surface area contributed by atoms with E-state index in [-0.39, 0.29) is 18.4 Å². The first-order valence-corrected chi connectivity index (χ1v) is 4.82. The second-order valence-electron chi connectivity index (χ2n) is 3.05. The minimum absolute atomic E-state index is 0. The summed E-state index contributed by atoms with van der Waals surface area (Å²) in [4.78, 5) is 0. The van der Waals surface area contributed by atoms with Crippen molar-refractivity contribution >= 4 is 12.4 Å². The summed E-state index contributed by atoms with van der Waals surface area (Å²) in [5.74, 6) is 0.760. The Morgan fingerprint density at radius 1 is 1.40 bits per heavy atom. The Morgan fingerprint density at radius 3 is 2.67 bits per heavy atom. The van der Waals surface area contributed by atoms with E-state index in [1.165, 1.54) is 0 Å². The van der Waals surface area contributed by atoms with Crippen molar-refractivity contribution in [1.82, 2.24) is 0 Å². The lowest BCUT2D eigenvalue weighted by atomic mass is 10.0. The molecule has 0 radical (unpaired) electrons. The summed E-state index contributed by atoms with van der Waals surface area (Å²) in [7, 11) is 0. The lowest BCUT2D eigenvalue weighted by Gasteiger charge is -2.14. The van der Waals surface area contributed by atoms with Gasteiger partial charge >= 0.3 is 0 Å². The number of halogens is 2. The van der Waals surface area contributed by atoms with Gasteiger partial charge in [0.1, 0.15) is 5.75 Å². The fourth-order valence-electron chi connectivity index (χ4n) is 1.35. The molecular weight excluding hydrogens is 217 g/mol. The highest BCUT2D eigenvalue weighted by atomic mass is 35.5. The van der Waals surface area contributed by atoms with Gasteiger partial charge in [-0.1, -0.05) is 18.2 Å². The number of nitrogens with two attached hydrogens (primary N) is 1. The van der Waals surface area contributed by atoms with Crippen LogP contribution in [-0.2, 0) is 0 Å². The molecule has 2 nitrogen and oxygen atoms in total. The average Bonchev–Trinajstić information content (AvgIpc) is 2.19. The van der Waals surface area contributed by atoms with Gasteiger partial charge in [-0.3, -0.25) is 4.39 Å². The predicted octanol–water partition coefficient (Wildman–Crippen LogP) is 2.87. The van der Waals surface area contributed by atoms with Crippen LogP contribution in [0, 0.1) is 0 Å². The summed E-state index contributed by atoms with van der Waals surface area (Å²) < 4.78 is 17.5. The Balaban J connectivity index is 0.00000196. The smallest absolute Gasteiger partial charge is 0.124 e. The van der Waals surface area contributed by atoms with Crippen molar-refractivity contribution in [3.63, 3.8) is 0 Å². The third-order valence-electron chi connectivity index (χ3n) is 2.04. The molecule has 2 N–H and O–H groups in total. The molecule has 0 heterocycles. The zero-order valence-corrected chi connectivity index (χ0v) is 9.60. The first-order valence-electron chi connectivity index (χ1n) is 4.82. The standard InChI is InChI=1S/C11H16FNO.ClH/c1-2-14-11-6-4-3-5-9(11)10(13)7-8-12;/h3-6,10H,2,7-8,13H2,1H3;1H/t10-;/m1./s1. The number of benzene rings is 1. The Kier molecular flexibility index (Phi) is 7.09. The summed E-state index contributed by atoms with van der Waals surface area (Å²) in [6.07, 6.45) is 0.337. The molecule has 1 aromatic carbocycles. The number of alkyl halides is 1. The van der Waals surface area contributed by atoms with Crippen molar-refractivity contribution in [2.45, 2.75) is 19.4 Å².